The van der Waals surface area contributed by atoms with Crippen LogP contribution in [0.15, 0.2) is 0 Å². The van der Waals surface area contributed by atoms with E-state index in [4.69, 9.17) is 96.5 Å². The molecule has 9 aliphatic heterocycles. The van der Waals surface area contributed by atoms with E-state index in [-0.39, 0.29) is 0 Å². The van der Waals surface area contributed by atoms with Gasteiger partial charge in [0.05, 0.1) is 77.1 Å². The largest absolute Gasteiger partial charge is 0.479 e. The highest BCUT2D eigenvalue weighted by Gasteiger charge is 2.66. The molecular formula is C61H103N2O55P. The molecule has 0 bridgehead atoms. The Bertz CT molecular complexity index is 3280. The number of rotatable bonds is 34. The molecule has 58 heteroatoms. The molecule has 0 radical (unpaired) electrons. The zero-order chi connectivity index (χ0) is 88.6. The number of hydrogen-bond donors (Lipinski definition) is 35. The van der Waals surface area contributed by atoms with Crippen LogP contribution in [-0.4, -0.2) is 532 Å². The molecule has 0 saturated carbocycles. The third kappa shape index (κ3) is 21.4. The van der Waals surface area contributed by atoms with Crippen LogP contribution in [0, 0.1) is 0 Å². The first kappa shape index (κ1) is 99.4. The summed E-state index contributed by atoms with van der Waals surface area (Å²) in [7, 11) is -5.90. The zero-order valence-corrected chi connectivity index (χ0v) is 62.4. The van der Waals surface area contributed by atoms with Crippen molar-refractivity contribution in [3.63, 3.8) is 0 Å². The summed E-state index contributed by atoms with van der Waals surface area (Å²) in [5.74, 6) is -14.4. The lowest BCUT2D eigenvalue weighted by Crippen LogP contribution is -2.71. The Kier molecular flexibility index (Phi) is 34.4. The number of phosphoric ester groups is 1. The van der Waals surface area contributed by atoms with E-state index < -0.39 is 385 Å². The zero-order valence-electron chi connectivity index (χ0n) is 61.5. The van der Waals surface area contributed by atoms with E-state index in [1.54, 1.807) is 0 Å². The summed E-state index contributed by atoms with van der Waals surface area (Å²) in [6, 6.07) is -3.60. The molecule has 0 unspecified atom stereocenters. The summed E-state index contributed by atoms with van der Waals surface area (Å²) < 4.78 is 115. The fraction of sp³-hybridized carbons (Fsp3) is 0.951. The molecule has 9 rings (SSSR count). The van der Waals surface area contributed by atoms with Crippen molar-refractivity contribution in [2.45, 2.75) is 306 Å². The minimum atomic E-state index is -5.90. The van der Waals surface area contributed by atoms with Gasteiger partial charge in [0.1, 0.15) is 208 Å². The number of aliphatic hydroxyl groups is 28. The molecule has 48 atom stereocenters. The number of carbonyl (C=O) groups is 3. The van der Waals surface area contributed by atoms with Crippen molar-refractivity contribution >= 4 is 25.7 Å². The molecule has 0 aliphatic carbocycles. The number of ether oxygens (including phenoxy) is 17. The Hall–Kier alpha value is -3.36. The summed E-state index contributed by atoms with van der Waals surface area (Å²) in [5.41, 5.74) is 11.8. The molecule has 9 fully saturated rings. The molecular weight excluding hydrogens is 1670 g/mol. The van der Waals surface area contributed by atoms with Gasteiger partial charge in [0.25, 0.3) is 11.6 Å². The van der Waals surface area contributed by atoms with Crippen molar-refractivity contribution in [1.29, 1.82) is 0 Å². The maximum atomic E-state index is 14.2. The topological polar surface area (TPSA) is 954 Å². The molecule has 0 aromatic rings. The number of hydrogen-bond acceptors (Lipinski definition) is 52. The van der Waals surface area contributed by atoms with E-state index in [1.807, 2.05) is 0 Å². The molecule has 9 heterocycles. The number of phosphoric acid groups is 1. The lowest BCUT2D eigenvalue weighted by Gasteiger charge is -2.53. The molecule has 57 nitrogen and oxygen atoms in total. The summed E-state index contributed by atoms with van der Waals surface area (Å²) in [4.78, 5) is 60.5. The van der Waals surface area contributed by atoms with Gasteiger partial charge in [0.15, 0.2) is 50.1 Å². The first-order chi connectivity index (χ1) is 55.7. The number of aliphatic carboxylic acids is 3. The van der Waals surface area contributed by atoms with Crippen LogP contribution in [0.2, 0.25) is 0 Å². The third-order valence-electron chi connectivity index (χ3n) is 21.3. The van der Waals surface area contributed by atoms with Crippen LogP contribution in [0.3, 0.4) is 0 Å². The Morgan fingerprint density at radius 2 is 0.866 bits per heavy atom. The predicted octanol–water partition coefficient (Wildman–Crippen LogP) is -22.7. The summed E-state index contributed by atoms with van der Waals surface area (Å²) in [5, 5.41) is 342. The molecule has 692 valence electrons. The summed E-state index contributed by atoms with van der Waals surface area (Å²) in [6.45, 7) is -11.1. The lowest BCUT2D eigenvalue weighted by atomic mass is 9.89. The molecule has 0 amide bonds. The number of carboxylic acid groups (broad SMARTS) is 3. The van der Waals surface area contributed by atoms with Crippen molar-refractivity contribution in [2.24, 2.45) is 11.5 Å². The van der Waals surface area contributed by atoms with Crippen molar-refractivity contribution in [3.8, 4) is 0 Å². The van der Waals surface area contributed by atoms with E-state index in [2.05, 4.69) is 0 Å². The van der Waals surface area contributed by atoms with Gasteiger partial charge in [0, 0.05) is 12.8 Å². The van der Waals surface area contributed by atoms with Gasteiger partial charge in [-0.15, -0.1) is 0 Å². The van der Waals surface area contributed by atoms with E-state index in [0.29, 0.717) is 0 Å². The highest BCUT2D eigenvalue weighted by atomic mass is 31.2. The van der Waals surface area contributed by atoms with Crippen LogP contribution < -0.4 is 11.5 Å². The first-order valence-corrected chi connectivity index (χ1v) is 38.0. The fourth-order valence-corrected chi connectivity index (χ4v) is 15.2. The monoisotopic (exact) mass is 1770 g/mol. The second-order valence-corrected chi connectivity index (χ2v) is 30.6. The lowest BCUT2D eigenvalue weighted by molar-refractivity contribution is -0.418. The molecule has 119 heavy (non-hydrogen) atoms. The van der Waals surface area contributed by atoms with Crippen LogP contribution in [0.25, 0.3) is 0 Å². The minimum Gasteiger partial charge on any atom is -0.479 e. The highest BCUT2D eigenvalue weighted by molar-refractivity contribution is 7.46. The van der Waals surface area contributed by atoms with Crippen LogP contribution in [-0.2, 0) is 104 Å². The molecule has 0 aromatic heterocycles. The molecule has 0 aromatic carbocycles. The standard InChI is InChI=1S/C61H103N2O55P/c62-21-26(78)25(77)19(104-51(21)93)9-102-52-22(63)27(79)44(118-119(98,99)100)20(106-52)10-103-60(58(94)95)2-17(115-61(59(96)97)1-11(69)23(75)41(116-61)13(71)4-65)45(43(117-60)15(73)6-67)110-57-38(90)47(49(42(109-57)14(72)5-66)114-54-34(86)28(80)24(76)18(7-68)105-54)112-56-37(89)46(111-55-35(87)30(82)32(84)48(113-55)50(91)92)36(88)40(108-56)16(74)8-101-53-33(85)29(81)31(83)39(107-53)12(70)3-64/h11-49,51-57,64-90,93H,1-10,62-63H2,(H,91,92)(H,94,95)(H,96,97)(H2,98,99,100)/t11-,12+,13-,14+,15-,16+,17-,18-,19-,20-,21-,22-,23-,24-,25-,26-,27-,28+,29+,30+,31+,32+,33+,34-,35-,36-,37+,38+,39-,40-,41-,42-,43-,44-,45-,46+,47-,48+,49-,51+,52-,53+,54+,55+,56-,57-,60-,61-/m1/s1. The second-order valence-electron chi connectivity index (χ2n) is 29.4. The fourth-order valence-electron chi connectivity index (χ4n) is 14.6. The SMILES string of the molecule is N[C@@H]1[C@@H](O)[C@H](O)[C@@H](CO[C@@H]2O[C@H](CO[C@]3(C(=O)O)C[C@@H](O[C@]4(C(=O)O)C[C@@H](O)[C@@H](O)[C@@H]([C@H](O)CO)O4)[C@@H](O[C@H]4O[C@H]([C@@H](O)CO)[C@@H](O[C@@H]5O[C@H](CO)[C@@H](O)[C@H](O)[C@H]5O)[C@H](O[C@H]5O[C@H]([C@@H](O)CO[C@H]6O[C@H]([C@@H](O)CO)[C@@H](O)[C@H](O)[C@@H]6O)[C@@H](O)[C@H](O[C@H]6O[C@H](C(=O)O)[C@@H](O)[C@H](O)[C@H]6O)[C@@H]5O)[C@@H]4O)[C@@H]([C@H](O)CO)O3)[C@@H](OP(=O)(O)O)[C@H](O)[C@H]2N)O[C@@H]1O. The Morgan fingerprint density at radius 1 is 0.395 bits per heavy atom. The molecule has 0 spiro atoms. The van der Waals surface area contributed by atoms with Crippen LogP contribution in [0.5, 0.6) is 0 Å². The van der Waals surface area contributed by atoms with Crippen LogP contribution in [0.4, 0.5) is 0 Å². The van der Waals surface area contributed by atoms with E-state index >= 15 is 0 Å². The van der Waals surface area contributed by atoms with E-state index in [9.17, 15) is 187 Å². The third-order valence-corrected chi connectivity index (χ3v) is 21.8. The Labute approximate surface area is 667 Å². The second kappa shape index (κ2) is 41.2. The molecule has 9 saturated heterocycles. The van der Waals surface area contributed by atoms with Crippen molar-refractivity contribution < 1.29 is 272 Å². The van der Waals surface area contributed by atoms with E-state index in [0.717, 1.165) is 0 Å². The molecule has 37 N–H and O–H groups in total. The van der Waals surface area contributed by atoms with Gasteiger partial charge in [-0.1, -0.05) is 0 Å². The predicted molar refractivity (Wildman–Crippen MR) is 353 cm³/mol. The number of aliphatic hydroxyl groups excluding tert-OH is 28. The average molecular weight is 1780 g/mol. The van der Waals surface area contributed by atoms with Gasteiger partial charge in [-0.25, -0.2) is 18.9 Å². The first-order valence-electron chi connectivity index (χ1n) is 36.4. The van der Waals surface area contributed by atoms with Crippen molar-refractivity contribution in [3.05, 3.63) is 0 Å². The van der Waals surface area contributed by atoms with Crippen LogP contribution in [0.1, 0.15) is 12.8 Å². The smallest absolute Gasteiger partial charge is 0.470 e. The number of carboxylic acids is 3. The van der Waals surface area contributed by atoms with Crippen LogP contribution >= 0.6 is 7.82 Å². The van der Waals surface area contributed by atoms with Crippen molar-refractivity contribution in [2.75, 3.05) is 52.9 Å². The van der Waals surface area contributed by atoms with Gasteiger partial charge >= 0.3 is 25.7 Å². The van der Waals surface area contributed by atoms with E-state index in [1.165, 1.54) is 0 Å². The highest BCUT2D eigenvalue weighted by Crippen LogP contribution is 2.47. The average Bonchev–Trinajstić information content (AvgIpc) is 0.737. The van der Waals surface area contributed by atoms with Gasteiger partial charge < -0.3 is 260 Å². The van der Waals surface area contributed by atoms with Gasteiger partial charge in [-0.2, -0.15) is 0 Å². The van der Waals surface area contributed by atoms with Gasteiger partial charge in [-0.05, 0) is 0 Å². The normalized spacial score (nSPS) is 48.4. The molecule has 9 aliphatic rings. The Balaban J connectivity index is 1.16. The maximum Gasteiger partial charge on any atom is 0.470 e. The summed E-state index contributed by atoms with van der Waals surface area (Å²) >= 11 is 0. The number of nitrogens with two attached hydrogens (primary N) is 2. The van der Waals surface area contributed by atoms with Gasteiger partial charge in [0.2, 0.25) is 0 Å². The van der Waals surface area contributed by atoms with Gasteiger partial charge in [-0.3, -0.25) is 4.52 Å². The minimum absolute atomic E-state index is 0.967. The van der Waals surface area contributed by atoms with Crippen molar-refractivity contribution in [1.82, 2.24) is 0 Å². The quantitative estimate of drug-likeness (QED) is 0.0266. The Morgan fingerprint density at radius 3 is 1.45 bits per heavy atom. The maximum absolute atomic E-state index is 14.2. The summed E-state index contributed by atoms with van der Waals surface area (Å²) in [6.07, 6.45) is -112.